The number of para-hydroxylation sites is 1. The van der Waals surface area contributed by atoms with E-state index in [4.69, 9.17) is 0 Å². The summed E-state index contributed by atoms with van der Waals surface area (Å²) in [5.41, 5.74) is 3.74. The molecule has 0 fully saturated rings. The third kappa shape index (κ3) is 5.32. The second-order valence-electron chi connectivity index (χ2n) is 6.91. The van der Waals surface area contributed by atoms with Crippen LogP contribution in [0, 0.1) is 0 Å². The zero-order valence-electron chi connectivity index (χ0n) is 16.4. The van der Waals surface area contributed by atoms with Crippen molar-refractivity contribution in [3.05, 3.63) is 52.1 Å². The van der Waals surface area contributed by atoms with Crippen LogP contribution in [0.25, 0.3) is 10.9 Å². The van der Waals surface area contributed by atoms with Crippen molar-refractivity contribution >= 4 is 28.2 Å². The normalized spacial score (nSPS) is 12.1. The number of nitrogens with zero attached hydrogens (tertiary/aromatic N) is 2. The Bertz CT molecular complexity index is 877. The number of hydrogen-bond acceptors (Lipinski definition) is 3. The molecule has 0 bridgehead atoms. The highest BCUT2D eigenvalue weighted by molar-refractivity contribution is 7.09. The van der Waals surface area contributed by atoms with Gasteiger partial charge in [-0.05, 0) is 37.3 Å². The maximum atomic E-state index is 4.68. The standard InChI is InChI=1S/C21H29N5S/c1-4-22-21(25-13-20-26-19(14-27-20)15(2)3)23-11-7-8-16-12-24-18-10-6-5-9-17(16)18/h5-6,9-10,12,14-15,24H,4,7-8,11,13H2,1-3H3,(H2,22,23,25). The van der Waals surface area contributed by atoms with Gasteiger partial charge in [0.25, 0.3) is 0 Å². The molecule has 5 nitrogen and oxygen atoms in total. The number of benzene rings is 1. The molecule has 2 heterocycles. The van der Waals surface area contributed by atoms with Gasteiger partial charge in [-0.3, -0.25) is 0 Å². The van der Waals surface area contributed by atoms with Gasteiger partial charge in [0.15, 0.2) is 5.96 Å². The van der Waals surface area contributed by atoms with Crippen LogP contribution in [0.1, 0.15) is 49.4 Å². The Morgan fingerprint density at radius 3 is 2.89 bits per heavy atom. The fourth-order valence-corrected chi connectivity index (χ4v) is 3.85. The van der Waals surface area contributed by atoms with Crippen LogP contribution in [0.5, 0.6) is 0 Å². The molecule has 3 rings (SSSR count). The second-order valence-corrected chi connectivity index (χ2v) is 7.85. The summed E-state index contributed by atoms with van der Waals surface area (Å²) < 4.78 is 0. The van der Waals surface area contributed by atoms with E-state index in [1.54, 1.807) is 11.3 Å². The Labute approximate surface area is 165 Å². The number of rotatable bonds is 8. The average molecular weight is 384 g/mol. The molecule has 6 heteroatoms. The maximum Gasteiger partial charge on any atom is 0.191 e. The molecule has 0 aliphatic carbocycles. The van der Waals surface area contributed by atoms with Crippen LogP contribution in [0.4, 0.5) is 0 Å². The van der Waals surface area contributed by atoms with Crippen LogP contribution in [0.15, 0.2) is 40.8 Å². The molecule has 0 amide bonds. The van der Waals surface area contributed by atoms with E-state index in [2.05, 4.69) is 82.2 Å². The highest BCUT2D eigenvalue weighted by Crippen LogP contribution is 2.19. The minimum absolute atomic E-state index is 0.467. The summed E-state index contributed by atoms with van der Waals surface area (Å²) >= 11 is 1.69. The minimum Gasteiger partial charge on any atom is -0.361 e. The first-order valence-corrected chi connectivity index (χ1v) is 10.6. The molecule has 0 saturated carbocycles. The van der Waals surface area contributed by atoms with Crippen molar-refractivity contribution in [2.45, 2.75) is 46.1 Å². The first kappa shape index (κ1) is 19.4. The van der Waals surface area contributed by atoms with E-state index in [-0.39, 0.29) is 0 Å². The van der Waals surface area contributed by atoms with E-state index in [1.165, 1.54) is 16.5 Å². The van der Waals surface area contributed by atoms with Crippen molar-refractivity contribution in [3.8, 4) is 0 Å². The van der Waals surface area contributed by atoms with Crippen LogP contribution < -0.4 is 10.6 Å². The van der Waals surface area contributed by atoms with Crippen LogP contribution in [-0.2, 0) is 13.0 Å². The number of aliphatic imine (C=N–C) groups is 1. The van der Waals surface area contributed by atoms with Gasteiger partial charge < -0.3 is 15.6 Å². The maximum absolute atomic E-state index is 4.68. The highest BCUT2D eigenvalue weighted by Gasteiger charge is 2.06. The van der Waals surface area contributed by atoms with Crippen molar-refractivity contribution in [1.29, 1.82) is 0 Å². The van der Waals surface area contributed by atoms with Crippen molar-refractivity contribution in [3.63, 3.8) is 0 Å². The minimum atomic E-state index is 0.467. The molecule has 3 aromatic rings. The van der Waals surface area contributed by atoms with E-state index in [1.807, 2.05) is 0 Å². The third-order valence-corrected chi connectivity index (χ3v) is 5.32. The molecule has 0 aliphatic rings. The molecule has 144 valence electrons. The van der Waals surface area contributed by atoms with Gasteiger partial charge >= 0.3 is 0 Å². The second kappa shape index (κ2) is 9.55. The van der Waals surface area contributed by atoms with Crippen molar-refractivity contribution < 1.29 is 0 Å². The predicted octanol–water partition coefficient (Wildman–Crippen LogP) is 4.44. The first-order chi connectivity index (χ1) is 13.2. The van der Waals surface area contributed by atoms with Gasteiger partial charge in [0, 0.05) is 35.6 Å². The molecule has 3 N–H and O–H groups in total. The Hall–Kier alpha value is -2.34. The first-order valence-electron chi connectivity index (χ1n) is 9.68. The SMILES string of the molecule is CCNC(=NCc1nc(C(C)C)cs1)NCCCc1c[nH]c2ccccc12. The Morgan fingerprint density at radius 2 is 2.11 bits per heavy atom. The van der Waals surface area contributed by atoms with Crippen molar-refractivity contribution in [2.24, 2.45) is 4.99 Å². The van der Waals surface area contributed by atoms with Gasteiger partial charge in [-0.15, -0.1) is 11.3 Å². The predicted molar refractivity (Wildman–Crippen MR) is 116 cm³/mol. The Kier molecular flexibility index (Phi) is 6.87. The number of aromatic nitrogens is 2. The van der Waals surface area contributed by atoms with Gasteiger partial charge in [-0.2, -0.15) is 0 Å². The molecule has 27 heavy (non-hydrogen) atoms. The van der Waals surface area contributed by atoms with E-state index in [9.17, 15) is 0 Å². The topological polar surface area (TPSA) is 65.1 Å². The molecule has 0 spiro atoms. The number of fused-ring (bicyclic) bond motifs is 1. The Balaban J connectivity index is 1.50. The lowest BCUT2D eigenvalue weighted by molar-refractivity contribution is 0.744. The molecule has 2 aromatic heterocycles. The number of aryl methyl sites for hydroxylation is 1. The fourth-order valence-electron chi connectivity index (χ4n) is 2.98. The van der Waals surface area contributed by atoms with Crippen LogP contribution in [0.2, 0.25) is 0 Å². The molecular weight excluding hydrogens is 354 g/mol. The fraction of sp³-hybridized carbons (Fsp3) is 0.429. The van der Waals surface area contributed by atoms with Gasteiger partial charge in [0.05, 0.1) is 12.2 Å². The van der Waals surface area contributed by atoms with Gasteiger partial charge in [-0.25, -0.2) is 9.98 Å². The number of H-pyrrole nitrogens is 1. The van der Waals surface area contributed by atoms with Gasteiger partial charge in [-0.1, -0.05) is 32.0 Å². The van der Waals surface area contributed by atoms with Crippen LogP contribution >= 0.6 is 11.3 Å². The lowest BCUT2D eigenvalue weighted by atomic mass is 10.1. The summed E-state index contributed by atoms with van der Waals surface area (Å²) in [6.45, 7) is 8.78. The molecule has 0 aliphatic heterocycles. The zero-order valence-corrected chi connectivity index (χ0v) is 17.2. The monoisotopic (exact) mass is 383 g/mol. The van der Waals surface area contributed by atoms with Crippen molar-refractivity contribution in [1.82, 2.24) is 20.6 Å². The van der Waals surface area contributed by atoms with E-state index in [0.717, 1.165) is 42.6 Å². The number of nitrogens with one attached hydrogen (secondary N) is 3. The number of guanidine groups is 1. The molecule has 0 atom stereocenters. The lowest BCUT2D eigenvalue weighted by Crippen LogP contribution is -2.37. The quantitative estimate of drug-likeness (QED) is 0.306. The summed E-state index contributed by atoms with van der Waals surface area (Å²) in [6.07, 6.45) is 4.22. The molecular formula is C21H29N5S. The van der Waals surface area contributed by atoms with Crippen molar-refractivity contribution in [2.75, 3.05) is 13.1 Å². The third-order valence-electron chi connectivity index (χ3n) is 4.47. The van der Waals surface area contributed by atoms with Crippen LogP contribution in [0.3, 0.4) is 0 Å². The number of aromatic amines is 1. The summed E-state index contributed by atoms with van der Waals surface area (Å²) in [6, 6.07) is 8.46. The summed E-state index contributed by atoms with van der Waals surface area (Å²) in [5.74, 6) is 1.33. The molecule has 0 unspecified atom stereocenters. The summed E-state index contributed by atoms with van der Waals surface area (Å²) in [4.78, 5) is 12.7. The number of thiazole rings is 1. The molecule has 0 saturated heterocycles. The summed E-state index contributed by atoms with van der Waals surface area (Å²) in [5, 5.41) is 11.3. The van der Waals surface area contributed by atoms with Gasteiger partial charge in [0.2, 0.25) is 0 Å². The largest absolute Gasteiger partial charge is 0.361 e. The van der Waals surface area contributed by atoms with E-state index in [0.29, 0.717) is 12.5 Å². The molecule has 1 aromatic carbocycles. The van der Waals surface area contributed by atoms with E-state index >= 15 is 0 Å². The smallest absolute Gasteiger partial charge is 0.191 e. The Morgan fingerprint density at radius 1 is 1.26 bits per heavy atom. The zero-order chi connectivity index (χ0) is 19.1. The highest BCUT2D eigenvalue weighted by atomic mass is 32.1. The molecule has 0 radical (unpaired) electrons. The average Bonchev–Trinajstić information content (AvgIpc) is 3.30. The van der Waals surface area contributed by atoms with Gasteiger partial charge in [0.1, 0.15) is 5.01 Å². The van der Waals surface area contributed by atoms with E-state index < -0.39 is 0 Å². The summed E-state index contributed by atoms with van der Waals surface area (Å²) in [7, 11) is 0. The number of hydrogen-bond donors (Lipinski definition) is 3. The van der Waals surface area contributed by atoms with Crippen LogP contribution in [-0.4, -0.2) is 29.0 Å². The lowest BCUT2D eigenvalue weighted by Gasteiger charge is -2.10.